The molecule has 0 unspecified atom stereocenters. The lowest BCUT2D eigenvalue weighted by molar-refractivity contribution is -0.122. The van der Waals surface area contributed by atoms with Crippen LogP contribution in [0.1, 0.15) is 37.4 Å². The van der Waals surface area contributed by atoms with Gasteiger partial charge in [0.25, 0.3) is 0 Å². The highest BCUT2D eigenvalue weighted by Gasteiger charge is 2.17. The summed E-state index contributed by atoms with van der Waals surface area (Å²) in [7, 11) is 0. The molecule has 1 aliphatic rings. The molecule has 0 atom stereocenters. The van der Waals surface area contributed by atoms with Gasteiger partial charge >= 0.3 is 0 Å². The third-order valence-electron chi connectivity index (χ3n) is 4.43. The molecule has 26 heavy (non-hydrogen) atoms. The predicted molar refractivity (Wildman–Crippen MR) is 101 cm³/mol. The SMILES string of the molecule is Cc1nn(CC(=O)NCc2cc3n(n2)CCCN(CC(C)C)C3)cc1Cl. The molecule has 0 saturated heterocycles. The summed E-state index contributed by atoms with van der Waals surface area (Å²) in [6.07, 6.45) is 2.77. The molecule has 142 valence electrons. The highest BCUT2D eigenvalue weighted by Crippen LogP contribution is 2.15. The fourth-order valence-electron chi connectivity index (χ4n) is 3.31. The summed E-state index contributed by atoms with van der Waals surface area (Å²) in [6.45, 7) is 11.0. The Balaban J connectivity index is 1.55. The number of hydrogen-bond acceptors (Lipinski definition) is 4. The van der Waals surface area contributed by atoms with E-state index in [1.165, 1.54) is 5.69 Å². The molecule has 1 N–H and O–H groups in total. The van der Waals surface area contributed by atoms with Gasteiger partial charge in [0.15, 0.2) is 0 Å². The van der Waals surface area contributed by atoms with Crippen molar-refractivity contribution in [1.29, 1.82) is 0 Å². The zero-order valence-electron chi connectivity index (χ0n) is 15.7. The van der Waals surface area contributed by atoms with Crippen LogP contribution in [0, 0.1) is 12.8 Å². The van der Waals surface area contributed by atoms with Gasteiger partial charge in [-0.1, -0.05) is 25.4 Å². The molecule has 0 bridgehead atoms. The van der Waals surface area contributed by atoms with Gasteiger partial charge in [-0.2, -0.15) is 10.2 Å². The molecular formula is C18H27ClN6O. The van der Waals surface area contributed by atoms with Gasteiger partial charge in [0.05, 0.1) is 28.6 Å². The number of nitrogens with one attached hydrogen (secondary N) is 1. The van der Waals surface area contributed by atoms with Crippen molar-refractivity contribution in [3.05, 3.63) is 34.4 Å². The number of aromatic nitrogens is 4. The van der Waals surface area contributed by atoms with Crippen molar-refractivity contribution in [2.45, 2.75) is 53.4 Å². The maximum Gasteiger partial charge on any atom is 0.242 e. The van der Waals surface area contributed by atoms with E-state index in [0.717, 1.165) is 44.0 Å². The third kappa shape index (κ3) is 4.86. The largest absolute Gasteiger partial charge is 0.349 e. The summed E-state index contributed by atoms with van der Waals surface area (Å²) in [6, 6.07) is 2.11. The molecule has 1 amide bonds. The van der Waals surface area contributed by atoms with Crippen LogP contribution in [-0.4, -0.2) is 43.5 Å². The Morgan fingerprint density at radius 3 is 2.85 bits per heavy atom. The normalized spacial score (nSPS) is 15.1. The fourth-order valence-corrected chi connectivity index (χ4v) is 3.46. The number of carbonyl (C=O) groups excluding carboxylic acids is 1. The lowest BCUT2D eigenvalue weighted by Gasteiger charge is -2.21. The van der Waals surface area contributed by atoms with Crippen molar-refractivity contribution in [3.8, 4) is 0 Å². The van der Waals surface area contributed by atoms with Gasteiger partial charge in [-0.25, -0.2) is 0 Å². The third-order valence-corrected chi connectivity index (χ3v) is 4.80. The maximum absolute atomic E-state index is 12.1. The zero-order chi connectivity index (χ0) is 18.7. The molecule has 2 aromatic rings. The Labute approximate surface area is 159 Å². The first-order chi connectivity index (χ1) is 12.4. The Kier molecular flexibility index (Phi) is 5.98. The average molecular weight is 379 g/mol. The highest BCUT2D eigenvalue weighted by molar-refractivity contribution is 6.31. The van der Waals surface area contributed by atoms with Crippen LogP contribution in [-0.2, 0) is 31.0 Å². The van der Waals surface area contributed by atoms with E-state index in [0.29, 0.717) is 17.5 Å². The molecule has 0 radical (unpaired) electrons. The van der Waals surface area contributed by atoms with Gasteiger partial charge < -0.3 is 5.32 Å². The van der Waals surface area contributed by atoms with E-state index in [-0.39, 0.29) is 12.5 Å². The minimum atomic E-state index is -0.103. The Morgan fingerprint density at radius 2 is 2.15 bits per heavy atom. The fraction of sp³-hybridized carbons (Fsp3) is 0.611. The van der Waals surface area contributed by atoms with E-state index in [9.17, 15) is 4.79 Å². The number of carbonyl (C=O) groups is 1. The minimum absolute atomic E-state index is 0.103. The molecule has 0 fully saturated rings. The number of fused-ring (bicyclic) bond motifs is 1. The molecule has 7 nitrogen and oxygen atoms in total. The summed E-state index contributed by atoms with van der Waals surface area (Å²) in [5, 5.41) is 12.3. The molecule has 3 heterocycles. The minimum Gasteiger partial charge on any atom is -0.349 e. The van der Waals surface area contributed by atoms with Gasteiger partial charge in [-0.05, 0) is 25.3 Å². The predicted octanol–water partition coefficient (Wildman–Crippen LogP) is 2.22. The van der Waals surface area contributed by atoms with Gasteiger partial charge in [0.2, 0.25) is 5.91 Å². The maximum atomic E-state index is 12.1. The molecule has 3 rings (SSSR count). The number of halogens is 1. The Bertz CT molecular complexity index is 746. The molecule has 2 aromatic heterocycles. The van der Waals surface area contributed by atoms with Gasteiger partial charge in [-0.3, -0.25) is 19.1 Å². The van der Waals surface area contributed by atoms with Crippen LogP contribution in [0.3, 0.4) is 0 Å². The van der Waals surface area contributed by atoms with Crippen LogP contribution < -0.4 is 5.32 Å². The quantitative estimate of drug-likeness (QED) is 0.836. The molecule has 0 aliphatic carbocycles. The van der Waals surface area contributed by atoms with Gasteiger partial charge in [0.1, 0.15) is 6.54 Å². The van der Waals surface area contributed by atoms with Crippen LogP contribution in [0.25, 0.3) is 0 Å². The molecule has 0 aromatic carbocycles. The van der Waals surface area contributed by atoms with Crippen LogP contribution >= 0.6 is 11.6 Å². The lowest BCUT2D eigenvalue weighted by atomic mass is 10.2. The van der Waals surface area contributed by atoms with Gasteiger partial charge in [0, 0.05) is 32.4 Å². The summed E-state index contributed by atoms with van der Waals surface area (Å²) in [5.41, 5.74) is 2.85. The van der Waals surface area contributed by atoms with E-state index in [2.05, 4.69) is 45.0 Å². The van der Waals surface area contributed by atoms with Crippen molar-refractivity contribution in [2.75, 3.05) is 13.1 Å². The molecule has 0 spiro atoms. The highest BCUT2D eigenvalue weighted by atomic mass is 35.5. The smallest absolute Gasteiger partial charge is 0.242 e. The number of rotatable bonds is 6. The standard InChI is InChI=1S/C18H27ClN6O/c1-13(2)9-23-5-4-6-25-16(10-23)7-15(22-25)8-20-18(26)12-24-11-17(19)14(3)21-24/h7,11,13H,4-6,8-10,12H2,1-3H3,(H,20,26). The molecular weight excluding hydrogens is 352 g/mol. The second-order valence-corrected chi connectivity index (χ2v) is 7.78. The molecule has 1 aliphatic heterocycles. The number of nitrogens with zero attached hydrogens (tertiary/aromatic N) is 5. The van der Waals surface area contributed by atoms with E-state index in [1.54, 1.807) is 10.9 Å². The van der Waals surface area contributed by atoms with Crippen LogP contribution in [0.5, 0.6) is 0 Å². The van der Waals surface area contributed by atoms with Crippen molar-refractivity contribution in [2.24, 2.45) is 5.92 Å². The van der Waals surface area contributed by atoms with Crippen molar-refractivity contribution < 1.29 is 4.79 Å². The molecule has 8 heteroatoms. The first kappa shape index (κ1) is 18.9. The van der Waals surface area contributed by atoms with Crippen LogP contribution in [0.15, 0.2) is 12.3 Å². The first-order valence-electron chi connectivity index (χ1n) is 9.15. The topological polar surface area (TPSA) is 68.0 Å². The number of hydrogen-bond donors (Lipinski definition) is 1. The monoisotopic (exact) mass is 378 g/mol. The molecule has 0 saturated carbocycles. The van der Waals surface area contributed by atoms with Crippen molar-refractivity contribution in [3.63, 3.8) is 0 Å². The van der Waals surface area contributed by atoms with Crippen molar-refractivity contribution >= 4 is 17.5 Å². The van der Waals surface area contributed by atoms with E-state index in [1.807, 2.05) is 6.92 Å². The lowest BCUT2D eigenvalue weighted by Crippen LogP contribution is -2.28. The Hall–Kier alpha value is -1.86. The van der Waals surface area contributed by atoms with Crippen LogP contribution in [0.2, 0.25) is 5.02 Å². The number of amides is 1. The van der Waals surface area contributed by atoms with E-state index < -0.39 is 0 Å². The first-order valence-corrected chi connectivity index (χ1v) is 9.52. The summed E-state index contributed by atoms with van der Waals surface area (Å²) in [5.74, 6) is 0.552. The van der Waals surface area contributed by atoms with E-state index >= 15 is 0 Å². The average Bonchev–Trinajstić information content (AvgIpc) is 3.02. The van der Waals surface area contributed by atoms with Crippen LogP contribution in [0.4, 0.5) is 0 Å². The second-order valence-electron chi connectivity index (χ2n) is 7.37. The zero-order valence-corrected chi connectivity index (χ0v) is 16.5. The summed E-state index contributed by atoms with van der Waals surface area (Å²) < 4.78 is 3.64. The number of aryl methyl sites for hydroxylation is 2. The van der Waals surface area contributed by atoms with E-state index in [4.69, 9.17) is 11.6 Å². The van der Waals surface area contributed by atoms with Gasteiger partial charge in [-0.15, -0.1) is 0 Å². The summed E-state index contributed by atoms with van der Waals surface area (Å²) >= 11 is 5.97. The second kappa shape index (κ2) is 8.22. The van der Waals surface area contributed by atoms with Crippen molar-refractivity contribution in [1.82, 2.24) is 29.8 Å². The summed E-state index contributed by atoms with van der Waals surface area (Å²) in [4.78, 5) is 14.6. The Morgan fingerprint density at radius 1 is 1.35 bits per heavy atom.